The van der Waals surface area contributed by atoms with Gasteiger partial charge in [-0.1, -0.05) is 19.9 Å². The normalized spacial score (nSPS) is 10.8. The fraction of sp³-hybridized carbons (Fsp3) is 0.227. The summed E-state index contributed by atoms with van der Waals surface area (Å²) in [5.41, 5.74) is -0.288. The molecule has 0 aliphatic carbocycles. The van der Waals surface area contributed by atoms with E-state index >= 15 is 0 Å². The van der Waals surface area contributed by atoms with Crippen LogP contribution in [-0.4, -0.2) is 25.5 Å². The molecule has 0 radical (unpaired) electrons. The van der Waals surface area contributed by atoms with Gasteiger partial charge in [0.2, 0.25) is 0 Å². The highest BCUT2D eigenvalue weighted by molar-refractivity contribution is 5.97. The molecule has 0 spiro atoms. The number of ether oxygens (including phenoxy) is 2. The highest BCUT2D eigenvalue weighted by Gasteiger charge is 2.15. The summed E-state index contributed by atoms with van der Waals surface area (Å²) in [6, 6.07) is 12.6. The van der Waals surface area contributed by atoms with Crippen LogP contribution < -0.4 is 20.4 Å². The Balaban J connectivity index is 1.83. The van der Waals surface area contributed by atoms with Crippen LogP contribution in [0.5, 0.6) is 11.5 Å². The van der Waals surface area contributed by atoms with Gasteiger partial charge >= 0.3 is 11.6 Å². The SMILES string of the molecule is COc1cccc(C(=O)Oc2ccc3cc(C(=O)NCC(C)C)c(=O)oc3c2)c1. The molecule has 0 aliphatic heterocycles. The maximum atomic E-state index is 12.3. The van der Waals surface area contributed by atoms with Gasteiger partial charge < -0.3 is 19.2 Å². The number of methoxy groups -OCH3 is 1. The molecule has 150 valence electrons. The van der Waals surface area contributed by atoms with E-state index in [1.807, 2.05) is 13.8 Å². The lowest BCUT2D eigenvalue weighted by Gasteiger charge is -2.08. The number of hydrogen-bond acceptors (Lipinski definition) is 6. The Kier molecular flexibility index (Phi) is 5.97. The molecule has 29 heavy (non-hydrogen) atoms. The summed E-state index contributed by atoms with van der Waals surface area (Å²) < 4.78 is 15.7. The summed E-state index contributed by atoms with van der Waals surface area (Å²) in [6.07, 6.45) is 0. The molecule has 0 aliphatic rings. The standard InChI is InChI=1S/C22H21NO6/c1-13(2)12-23-20(24)18-10-14-7-8-17(11-19(14)29-22(18)26)28-21(25)15-5-4-6-16(9-15)27-3/h4-11,13H,12H2,1-3H3,(H,23,24). The summed E-state index contributed by atoms with van der Waals surface area (Å²) in [4.78, 5) is 36.7. The van der Waals surface area contributed by atoms with Crippen molar-refractivity contribution in [1.82, 2.24) is 5.32 Å². The van der Waals surface area contributed by atoms with Gasteiger partial charge in [-0.15, -0.1) is 0 Å². The second-order valence-electron chi connectivity index (χ2n) is 6.87. The van der Waals surface area contributed by atoms with Crippen LogP contribution in [0.1, 0.15) is 34.6 Å². The van der Waals surface area contributed by atoms with E-state index in [0.29, 0.717) is 23.2 Å². The zero-order chi connectivity index (χ0) is 21.0. The summed E-state index contributed by atoms with van der Waals surface area (Å²) in [5.74, 6) is -0.0517. The Morgan fingerprint density at radius 1 is 1.07 bits per heavy atom. The monoisotopic (exact) mass is 395 g/mol. The van der Waals surface area contributed by atoms with Crippen LogP contribution in [0.25, 0.3) is 11.0 Å². The average Bonchev–Trinajstić information content (AvgIpc) is 2.71. The van der Waals surface area contributed by atoms with Gasteiger partial charge in [0.25, 0.3) is 5.91 Å². The van der Waals surface area contributed by atoms with Gasteiger partial charge in [-0.05, 0) is 42.3 Å². The van der Waals surface area contributed by atoms with E-state index in [0.717, 1.165) is 0 Å². The molecular weight excluding hydrogens is 374 g/mol. The molecule has 3 aromatic rings. The van der Waals surface area contributed by atoms with Crippen LogP contribution in [0.15, 0.2) is 57.7 Å². The fourth-order valence-electron chi connectivity index (χ4n) is 2.62. The third-order valence-corrected chi connectivity index (χ3v) is 4.14. The van der Waals surface area contributed by atoms with Gasteiger partial charge in [-0.3, -0.25) is 4.79 Å². The molecule has 0 fully saturated rings. The summed E-state index contributed by atoms with van der Waals surface area (Å²) in [5, 5.41) is 3.23. The quantitative estimate of drug-likeness (QED) is 0.390. The van der Waals surface area contributed by atoms with Crippen LogP contribution in [0.2, 0.25) is 0 Å². The lowest BCUT2D eigenvalue weighted by Crippen LogP contribution is -2.31. The first-order chi connectivity index (χ1) is 13.9. The fourth-order valence-corrected chi connectivity index (χ4v) is 2.62. The predicted molar refractivity (Wildman–Crippen MR) is 108 cm³/mol. The van der Waals surface area contributed by atoms with E-state index in [1.165, 1.54) is 19.2 Å². The number of esters is 1. The highest BCUT2D eigenvalue weighted by Crippen LogP contribution is 2.22. The molecule has 0 atom stereocenters. The highest BCUT2D eigenvalue weighted by atomic mass is 16.5. The Bertz CT molecular complexity index is 1120. The van der Waals surface area contributed by atoms with Gasteiger partial charge in [-0.25, -0.2) is 9.59 Å². The Hall–Kier alpha value is -3.61. The number of rotatable bonds is 6. The molecule has 1 N–H and O–H groups in total. The van der Waals surface area contributed by atoms with E-state index < -0.39 is 17.5 Å². The molecule has 1 aromatic heterocycles. The maximum Gasteiger partial charge on any atom is 0.349 e. The first kappa shape index (κ1) is 20.1. The molecule has 1 heterocycles. The Morgan fingerprint density at radius 2 is 1.86 bits per heavy atom. The summed E-state index contributed by atoms with van der Waals surface area (Å²) >= 11 is 0. The number of hydrogen-bond donors (Lipinski definition) is 1. The maximum absolute atomic E-state index is 12.3. The third-order valence-electron chi connectivity index (χ3n) is 4.14. The van der Waals surface area contributed by atoms with Crippen LogP contribution in [-0.2, 0) is 0 Å². The third kappa shape index (κ3) is 4.82. The minimum absolute atomic E-state index is 0.0701. The van der Waals surface area contributed by atoms with Crippen molar-refractivity contribution in [3.8, 4) is 11.5 Å². The zero-order valence-corrected chi connectivity index (χ0v) is 16.4. The van der Waals surface area contributed by atoms with Gasteiger partial charge in [0.1, 0.15) is 22.6 Å². The van der Waals surface area contributed by atoms with Crippen molar-refractivity contribution in [2.75, 3.05) is 13.7 Å². The molecule has 2 aromatic carbocycles. The smallest absolute Gasteiger partial charge is 0.349 e. The van der Waals surface area contributed by atoms with E-state index in [9.17, 15) is 14.4 Å². The number of benzene rings is 2. The van der Waals surface area contributed by atoms with Crippen molar-refractivity contribution >= 4 is 22.8 Å². The van der Waals surface area contributed by atoms with E-state index in [1.54, 1.807) is 36.4 Å². The molecule has 0 unspecified atom stereocenters. The first-order valence-corrected chi connectivity index (χ1v) is 9.09. The molecule has 7 heteroatoms. The van der Waals surface area contributed by atoms with Crippen molar-refractivity contribution in [3.05, 3.63) is 70.1 Å². The van der Waals surface area contributed by atoms with E-state index in [-0.39, 0.29) is 22.8 Å². The molecule has 0 bridgehead atoms. The second kappa shape index (κ2) is 8.60. The molecule has 7 nitrogen and oxygen atoms in total. The topological polar surface area (TPSA) is 94.8 Å². The first-order valence-electron chi connectivity index (χ1n) is 9.09. The Labute approximate surface area is 167 Å². The van der Waals surface area contributed by atoms with E-state index in [4.69, 9.17) is 13.9 Å². The van der Waals surface area contributed by atoms with Crippen molar-refractivity contribution in [1.29, 1.82) is 0 Å². The predicted octanol–water partition coefficient (Wildman–Crippen LogP) is 3.41. The number of carbonyl (C=O) groups is 2. The number of fused-ring (bicyclic) bond motifs is 1. The average molecular weight is 395 g/mol. The Morgan fingerprint density at radius 3 is 2.59 bits per heavy atom. The zero-order valence-electron chi connectivity index (χ0n) is 16.4. The van der Waals surface area contributed by atoms with Gasteiger partial charge in [0, 0.05) is 18.0 Å². The molecule has 0 saturated carbocycles. The number of amides is 1. The van der Waals surface area contributed by atoms with Crippen LogP contribution in [0.4, 0.5) is 0 Å². The largest absolute Gasteiger partial charge is 0.497 e. The van der Waals surface area contributed by atoms with Crippen molar-refractivity contribution in [2.24, 2.45) is 5.92 Å². The van der Waals surface area contributed by atoms with Crippen molar-refractivity contribution < 1.29 is 23.5 Å². The lowest BCUT2D eigenvalue weighted by atomic mass is 10.1. The summed E-state index contributed by atoms with van der Waals surface area (Å²) in [7, 11) is 1.51. The molecule has 1 amide bonds. The lowest BCUT2D eigenvalue weighted by molar-refractivity contribution is 0.0734. The van der Waals surface area contributed by atoms with Crippen LogP contribution in [0, 0.1) is 5.92 Å². The number of carbonyl (C=O) groups excluding carboxylic acids is 2. The van der Waals surface area contributed by atoms with Gasteiger partial charge in [-0.2, -0.15) is 0 Å². The van der Waals surface area contributed by atoms with Gasteiger partial charge in [0.05, 0.1) is 12.7 Å². The number of nitrogens with one attached hydrogen (secondary N) is 1. The van der Waals surface area contributed by atoms with Crippen molar-refractivity contribution in [2.45, 2.75) is 13.8 Å². The van der Waals surface area contributed by atoms with E-state index in [2.05, 4.69) is 5.32 Å². The van der Waals surface area contributed by atoms with Crippen molar-refractivity contribution in [3.63, 3.8) is 0 Å². The minimum Gasteiger partial charge on any atom is -0.497 e. The van der Waals surface area contributed by atoms with Crippen LogP contribution >= 0.6 is 0 Å². The second-order valence-corrected chi connectivity index (χ2v) is 6.87. The molecule has 3 rings (SSSR count). The molecular formula is C22H21NO6. The molecule has 0 saturated heterocycles. The van der Waals surface area contributed by atoms with Crippen LogP contribution in [0.3, 0.4) is 0 Å². The van der Waals surface area contributed by atoms with Gasteiger partial charge in [0.15, 0.2) is 0 Å². The minimum atomic E-state index is -0.755. The summed E-state index contributed by atoms with van der Waals surface area (Å²) in [6.45, 7) is 4.37.